The first kappa shape index (κ1) is 15.5. The van der Waals surface area contributed by atoms with Gasteiger partial charge in [-0.2, -0.15) is 0 Å². The van der Waals surface area contributed by atoms with Gasteiger partial charge in [0, 0.05) is 16.3 Å². The van der Waals surface area contributed by atoms with Gasteiger partial charge in [0.1, 0.15) is 5.82 Å². The van der Waals surface area contributed by atoms with Crippen LogP contribution >= 0.6 is 22.7 Å². The second-order valence-electron chi connectivity index (χ2n) is 5.86. The molecule has 2 nitrogen and oxygen atoms in total. The van der Waals surface area contributed by atoms with Gasteiger partial charge < -0.3 is 4.90 Å². The van der Waals surface area contributed by atoms with Crippen LogP contribution in [0.25, 0.3) is 0 Å². The van der Waals surface area contributed by atoms with Crippen LogP contribution in [0.3, 0.4) is 0 Å². The Hall–Kier alpha value is -1.98. The van der Waals surface area contributed by atoms with Crippen molar-refractivity contribution in [3.8, 4) is 0 Å². The molecule has 0 bridgehead atoms. The number of hydrogen-bond acceptors (Lipinski definition) is 3. The SMILES string of the molecule is O=C(Cc1ccc(F)cc1)N1CCc2sccc2[C@@H]1c1cccs1. The molecule has 0 N–H and O–H groups in total. The van der Waals surface area contributed by atoms with E-state index in [9.17, 15) is 9.18 Å². The average molecular weight is 357 g/mol. The molecule has 1 amide bonds. The smallest absolute Gasteiger partial charge is 0.227 e. The Bertz CT molecular complexity index is 839. The zero-order valence-electron chi connectivity index (χ0n) is 12.9. The summed E-state index contributed by atoms with van der Waals surface area (Å²) < 4.78 is 13.1. The van der Waals surface area contributed by atoms with Crippen LogP contribution in [0.15, 0.2) is 53.2 Å². The summed E-state index contributed by atoms with van der Waals surface area (Å²) in [4.78, 5) is 17.5. The Morgan fingerprint density at radius 2 is 1.96 bits per heavy atom. The molecule has 1 aromatic carbocycles. The van der Waals surface area contributed by atoms with Gasteiger partial charge in [0.15, 0.2) is 0 Å². The van der Waals surface area contributed by atoms with Crippen molar-refractivity contribution in [3.05, 3.63) is 79.9 Å². The van der Waals surface area contributed by atoms with Gasteiger partial charge in [-0.15, -0.1) is 22.7 Å². The highest BCUT2D eigenvalue weighted by atomic mass is 32.1. The first-order chi connectivity index (χ1) is 11.7. The Balaban J connectivity index is 1.63. The van der Waals surface area contributed by atoms with Crippen molar-refractivity contribution in [2.24, 2.45) is 0 Å². The minimum Gasteiger partial charge on any atom is -0.330 e. The molecule has 0 fully saturated rings. The second-order valence-corrected chi connectivity index (χ2v) is 7.84. The maximum Gasteiger partial charge on any atom is 0.227 e. The normalized spacial score (nSPS) is 16.9. The van der Waals surface area contributed by atoms with Crippen LogP contribution in [0.1, 0.15) is 26.9 Å². The highest BCUT2D eigenvalue weighted by Crippen LogP contribution is 2.39. The van der Waals surface area contributed by atoms with E-state index in [1.54, 1.807) is 34.8 Å². The Labute approximate surface area is 148 Å². The maximum atomic E-state index is 13.1. The van der Waals surface area contributed by atoms with Gasteiger partial charge in [0.05, 0.1) is 12.5 Å². The fourth-order valence-electron chi connectivity index (χ4n) is 3.22. The van der Waals surface area contributed by atoms with Crippen molar-refractivity contribution < 1.29 is 9.18 Å². The standard InChI is InChI=1S/C19H16FNOS2/c20-14-5-3-13(4-6-14)12-18(22)21-9-7-16-15(8-11-24-16)19(21)17-2-1-10-23-17/h1-6,8,10-11,19H,7,9,12H2/t19-/m1/s1. The summed E-state index contributed by atoms with van der Waals surface area (Å²) in [6.45, 7) is 0.732. The Kier molecular flexibility index (Phi) is 4.21. The summed E-state index contributed by atoms with van der Waals surface area (Å²) >= 11 is 3.46. The maximum absolute atomic E-state index is 13.1. The molecule has 1 atom stereocenters. The van der Waals surface area contributed by atoms with Gasteiger partial charge in [0.25, 0.3) is 0 Å². The van der Waals surface area contributed by atoms with E-state index >= 15 is 0 Å². The molecular weight excluding hydrogens is 341 g/mol. The summed E-state index contributed by atoms with van der Waals surface area (Å²) in [6, 6.07) is 12.5. The van der Waals surface area contributed by atoms with Crippen molar-refractivity contribution >= 4 is 28.6 Å². The van der Waals surface area contributed by atoms with E-state index < -0.39 is 0 Å². The summed E-state index contributed by atoms with van der Waals surface area (Å²) in [5.74, 6) is -0.180. The van der Waals surface area contributed by atoms with Crippen LogP contribution in [0, 0.1) is 5.82 Å². The molecule has 0 aliphatic carbocycles. The molecule has 1 aliphatic heterocycles. The number of carbonyl (C=O) groups is 1. The highest BCUT2D eigenvalue weighted by Gasteiger charge is 2.33. The third kappa shape index (κ3) is 2.89. The largest absolute Gasteiger partial charge is 0.330 e. The molecule has 0 unspecified atom stereocenters. The van der Waals surface area contributed by atoms with Gasteiger partial charge in [-0.05, 0) is 52.6 Å². The summed E-state index contributed by atoms with van der Waals surface area (Å²) in [7, 11) is 0. The van der Waals surface area contributed by atoms with Crippen molar-refractivity contribution in [1.82, 2.24) is 4.90 Å². The number of halogens is 1. The lowest BCUT2D eigenvalue weighted by Crippen LogP contribution is -2.40. The van der Waals surface area contributed by atoms with E-state index in [2.05, 4.69) is 22.9 Å². The topological polar surface area (TPSA) is 20.3 Å². The lowest BCUT2D eigenvalue weighted by molar-refractivity contribution is -0.132. The molecule has 2 aromatic heterocycles. The number of fused-ring (bicyclic) bond motifs is 1. The number of amides is 1. The van der Waals surface area contributed by atoms with Crippen molar-refractivity contribution in [2.75, 3.05) is 6.54 Å². The molecule has 0 saturated carbocycles. The van der Waals surface area contributed by atoms with Gasteiger partial charge >= 0.3 is 0 Å². The van der Waals surface area contributed by atoms with Gasteiger partial charge in [-0.1, -0.05) is 18.2 Å². The van der Waals surface area contributed by atoms with Crippen LogP contribution in [-0.2, 0) is 17.6 Å². The van der Waals surface area contributed by atoms with E-state index in [1.807, 2.05) is 11.0 Å². The number of hydrogen-bond donors (Lipinski definition) is 0. The van der Waals surface area contributed by atoms with Crippen molar-refractivity contribution in [1.29, 1.82) is 0 Å². The molecular formula is C19H16FNOS2. The van der Waals surface area contributed by atoms with Crippen molar-refractivity contribution in [2.45, 2.75) is 18.9 Å². The lowest BCUT2D eigenvalue weighted by atomic mass is 9.97. The molecule has 5 heteroatoms. The predicted molar refractivity (Wildman–Crippen MR) is 96.0 cm³/mol. The molecule has 1 aliphatic rings. The first-order valence-corrected chi connectivity index (χ1v) is 9.62. The number of thiophene rings is 2. The lowest BCUT2D eigenvalue weighted by Gasteiger charge is -2.35. The number of nitrogens with zero attached hydrogens (tertiary/aromatic N) is 1. The van der Waals surface area contributed by atoms with Gasteiger partial charge in [0.2, 0.25) is 5.91 Å². The monoisotopic (exact) mass is 357 g/mol. The van der Waals surface area contributed by atoms with Gasteiger partial charge in [-0.3, -0.25) is 4.79 Å². The molecule has 24 heavy (non-hydrogen) atoms. The molecule has 3 aromatic rings. The van der Waals surface area contributed by atoms with E-state index in [0.717, 1.165) is 18.5 Å². The van der Waals surface area contributed by atoms with E-state index in [0.29, 0.717) is 6.42 Å². The van der Waals surface area contributed by atoms with E-state index in [4.69, 9.17) is 0 Å². The van der Waals surface area contributed by atoms with Crippen LogP contribution in [-0.4, -0.2) is 17.4 Å². The van der Waals surface area contributed by atoms with Crippen molar-refractivity contribution in [3.63, 3.8) is 0 Å². The summed E-state index contributed by atoms with van der Waals surface area (Å²) in [5.41, 5.74) is 2.10. The zero-order chi connectivity index (χ0) is 16.5. The number of rotatable bonds is 3. The average Bonchev–Trinajstić information content (AvgIpc) is 3.27. The van der Waals surface area contributed by atoms with E-state index in [-0.39, 0.29) is 17.8 Å². The molecule has 122 valence electrons. The van der Waals surface area contributed by atoms with Crippen LogP contribution in [0.5, 0.6) is 0 Å². The molecule has 4 rings (SSSR count). The second kappa shape index (κ2) is 6.49. The quantitative estimate of drug-likeness (QED) is 0.667. The molecule has 0 radical (unpaired) electrons. The zero-order valence-corrected chi connectivity index (χ0v) is 14.6. The fourth-order valence-corrected chi connectivity index (χ4v) is 4.98. The minimum absolute atomic E-state index is 0.00736. The van der Waals surface area contributed by atoms with Gasteiger partial charge in [-0.25, -0.2) is 4.39 Å². The Morgan fingerprint density at radius 1 is 1.12 bits per heavy atom. The first-order valence-electron chi connectivity index (χ1n) is 7.86. The van der Waals surface area contributed by atoms with Crippen LogP contribution in [0.2, 0.25) is 0 Å². The van der Waals surface area contributed by atoms with Crippen LogP contribution in [0.4, 0.5) is 4.39 Å². The summed E-state index contributed by atoms with van der Waals surface area (Å²) in [5, 5.41) is 4.16. The van der Waals surface area contributed by atoms with Crippen LogP contribution < -0.4 is 0 Å². The Morgan fingerprint density at radius 3 is 2.71 bits per heavy atom. The van der Waals surface area contributed by atoms with E-state index in [1.165, 1.54) is 27.5 Å². The molecule has 3 heterocycles. The molecule has 0 spiro atoms. The fraction of sp³-hybridized carbons (Fsp3) is 0.211. The summed E-state index contributed by atoms with van der Waals surface area (Å²) in [6.07, 6.45) is 1.21. The molecule has 0 saturated heterocycles. The number of carbonyl (C=O) groups excluding carboxylic acids is 1. The third-order valence-corrected chi connectivity index (χ3v) is 6.29. The highest BCUT2D eigenvalue weighted by molar-refractivity contribution is 7.10. The third-order valence-electron chi connectivity index (χ3n) is 4.37. The predicted octanol–water partition coefficient (Wildman–Crippen LogP) is 4.67. The number of benzene rings is 1. The minimum atomic E-state index is -0.274.